The Hall–Kier alpha value is 1.56. The summed E-state index contributed by atoms with van der Waals surface area (Å²) in [5.74, 6) is 0. The average Bonchev–Trinajstić information content (AvgIpc) is 2.44. The molecule has 0 unspecified atom stereocenters. The summed E-state index contributed by atoms with van der Waals surface area (Å²) in [7, 11) is 0. The summed E-state index contributed by atoms with van der Waals surface area (Å²) in [6, 6.07) is 0. The predicted octanol–water partition coefficient (Wildman–Crippen LogP) is 6.19. The van der Waals surface area contributed by atoms with Gasteiger partial charge >= 0.3 is 139 Å². The molecule has 0 saturated carbocycles. The van der Waals surface area contributed by atoms with Crippen molar-refractivity contribution in [2.45, 2.75) is 96.8 Å². The van der Waals surface area contributed by atoms with Gasteiger partial charge in [-0.2, -0.15) is 0 Å². The summed E-state index contributed by atoms with van der Waals surface area (Å²) in [5.41, 5.74) is 0. The van der Waals surface area contributed by atoms with Crippen molar-refractivity contribution >= 4 is 40.3 Å². The molecule has 19 heavy (non-hydrogen) atoms. The number of hydrogen-bond acceptors (Lipinski definition) is 1. The van der Waals surface area contributed by atoms with Crippen molar-refractivity contribution < 1.29 is 1.41 Å². The molecule has 0 fully saturated rings. The SMILES string of the molecule is CCC[CH2][Sn+2][O][Sn]([CH2]CCC)([CH2]CCC)[CH2]CCC. The van der Waals surface area contributed by atoms with Gasteiger partial charge in [-0.05, 0) is 0 Å². The quantitative estimate of drug-likeness (QED) is 0.212. The Labute approximate surface area is 137 Å². The van der Waals surface area contributed by atoms with Crippen LogP contribution in [0.15, 0.2) is 0 Å². The van der Waals surface area contributed by atoms with Crippen molar-refractivity contribution in [1.29, 1.82) is 0 Å². The standard InChI is InChI=1S/4C4H9.O.2Sn/c4*1-3-4-2;;;/h4*1,3-4H2,2H3;;;/q;;;;;;+2. The number of rotatable bonds is 14. The van der Waals surface area contributed by atoms with Gasteiger partial charge in [0.2, 0.25) is 0 Å². The number of unbranched alkanes of at least 4 members (excludes halogenated alkanes) is 4. The molecule has 0 atom stereocenters. The van der Waals surface area contributed by atoms with Crippen LogP contribution in [0, 0.1) is 0 Å². The van der Waals surface area contributed by atoms with E-state index in [2.05, 4.69) is 27.7 Å². The van der Waals surface area contributed by atoms with Crippen molar-refractivity contribution in [1.82, 2.24) is 0 Å². The van der Waals surface area contributed by atoms with E-state index in [0.29, 0.717) is 0 Å². The van der Waals surface area contributed by atoms with E-state index < -0.39 is 40.3 Å². The molecule has 0 radical (unpaired) electrons. The molecular weight excluding hydrogens is 446 g/mol. The molecule has 0 spiro atoms. The molecule has 0 aliphatic rings. The van der Waals surface area contributed by atoms with Gasteiger partial charge in [0.1, 0.15) is 0 Å². The van der Waals surface area contributed by atoms with Gasteiger partial charge in [-0.25, -0.2) is 0 Å². The van der Waals surface area contributed by atoms with Crippen molar-refractivity contribution in [3.8, 4) is 0 Å². The molecule has 0 aliphatic carbocycles. The third-order valence-electron chi connectivity index (χ3n) is 3.88. The van der Waals surface area contributed by atoms with Crippen LogP contribution in [0.4, 0.5) is 0 Å². The summed E-state index contributed by atoms with van der Waals surface area (Å²) < 4.78 is 12.9. The fourth-order valence-corrected chi connectivity index (χ4v) is 30.3. The zero-order chi connectivity index (χ0) is 14.4. The molecule has 1 nitrogen and oxygen atoms in total. The van der Waals surface area contributed by atoms with E-state index in [1.807, 2.05) is 0 Å². The minimum atomic E-state index is -2.16. The van der Waals surface area contributed by atoms with Crippen LogP contribution >= 0.6 is 0 Å². The van der Waals surface area contributed by atoms with Crippen LogP contribution in [0.5, 0.6) is 0 Å². The first-order valence-electron chi connectivity index (χ1n) is 8.65. The summed E-state index contributed by atoms with van der Waals surface area (Å²) in [6.45, 7) is 9.33. The van der Waals surface area contributed by atoms with Crippen molar-refractivity contribution in [2.75, 3.05) is 0 Å². The van der Waals surface area contributed by atoms with Crippen LogP contribution in [0.3, 0.4) is 0 Å². The molecule has 0 aromatic rings. The Kier molecular flexibility index (Phi) is 15.7. The van der Waals surface area contributed by atoms with E-state index in [4.69, 9.17) is 1.41 Å². The van der Waals surface area contributed by atoms with Gasteiger partial charge < -0.3 is 0 Å². The second kappa shape index (κ2) is 14.5. The first-order valence-corrected chi connectivity index (χ1v) is 19.1. The summed E-state index contributed by atoms with van der Waals surface area (Å²) in [5, 5.41) is 0. The normalized spacial score (nSPS) is 11.6. The molecule has 0 aliphatic heterocycles. The Morgan fingerprint density at radius 2 is 1.11 bits per heavy atom. The maximum absolute atomic E-state index is 6.82. The zero-order valence-corrected chi connectivity index (χ0v) is 19.6. The Morgan fingerprint density at radius 3 is 1.47 bits per heavy atom. The second-order valence-electron chi connectivity index (χ2n) is 5.84. The average molecular weight is 482 g/mol. The topological polar surface area (TPSA) is 9.23 Å². The van der Waals surface area contributed by atoms with Gasteiger partial charge in [-0.3, -0.25) is 0 Å². The summed E-state index contributed by atoms with van der Waals surface area (Å²) >= 11 is -2.64. The minimum absolute atomic E-state index is 0.478. The molecule has 0 aromatic heterocycles. The third kappa shape index (κ3) is 10.9. The van der Waals surface area contributed by atoms with Gasteiger partial charge in [0.15, 0.2) is 0 Å². The molecule has 0 bridgehead atoms. The predicted molar refractivity (Wildman–Crippen MR) is 91.5 cm³/mol. The Morgan fingerprint density at radius 1 is 0.684 bits per heavy atom. The van der Waals surface area contributed by atoms with Gasteiger partial charge in [-0.15, -0.1) is 0 Å². The monoisotopic (exact) mass is 484 g/mol. The second-order valence-corrected chi connectivity index (χ2v) is 23.6. The van der Waals surface area contributed by atoms with Crippen LogP contribution in [-0.4, -0.2) is 40.3 Å². The van der Waals surface area contributed by atoms with Crippen LogP contribution in [0.25, 0.3) is 0 Å². The van der Waals surface area contributed by atoms with Crippen LogP contribution in [0.1, 0.15) is 79.1 Å². The van der Waals surface area contributed by atoms with Gasteiger partial charge in [-0.1, -0.05) is 0 Å². The molecule has 0 rings (SSSR count). The van der Waals surface area contributed by atoms with Crippen molar-refractivity contribution in [2.24, 2.45) is 0 Å². The first-order chi connectivity index (χ1) is 9.24. The fraction of sp³-hybridized carbons (Fsp3) is 1.00. The molecule has 3 heteroatoms. The third-order valence-corrected chi connectivity index (χ3v) is 29.0. The number of hydrogen-bond donors (Lipinski definition) is 0. The van der Waals surface area contributed by atoms with E-state index in [1.165, 1.54) is 69.1 Å². The van der Waals surface area contributed by atoms with Gasteiger partial charge in [0.25, 0.3) is 0 Å². The van der Waals surface area contributed by atoms with E-state index in [-0.39, 0.29) is 0 Å². The summed E-state index contributed by atoms with van der Waals surface area (Å²) in [4.78, 5) is 0. The van der Waals surface area contributed by atoms with Gasteiger partial charge in [0.05, 0.1) is 0 Å². The van der Waals surface area contributed by atoms with Crippen LogP contribution in [0.2, 0.25) is 17.7 Å². The van der Waals surface area contributed by atoms with Crippen molar-refractivity contribution in [3.63, 3.8) is 0 Å². The van der Waals surface area contributed by atoms with Crippen molar-refractivity contribution in [3.05, 3.63) is 0 Å². The van der Waals surface area contributed by atoms with E-state index in [9.17, 15) is 0 Å². The zero-order valence-electron chi connectivity index (χ0n) is 13.9. The summed E-state index contributed by atoms with van der Waals surface area (Å²) in [6.07, 6.45) is 11.2. The van der Waals surface area contributed by atoms with E-state index >= 15 is 0 Å². The maximum atomic E-state index is 6.82. The fourth-order valence-electron chi connectivity index (χ4n) is 2.48. The Bertz CT molecular complexity index is 164. The molecular formula is C16H36OSn2+2. The molecule has 0 amide bonds. The molecule has 112 valence electrons. The van der Waals surface area contributed by atoms with Crippen LogP contribution in [-0.2, 0) is 1.41 Å². The molecule has 0 aromatic carbocycles. The van der Waals surface area contributed by atoms with Gasteiger partial charge in [0, 0.05) is 0 Å². The van der Waals surface area contributed by atoms with E-state index in [0.717, 1.165) is 0 Å². The molecule has 0 heterocycles. The molecule has 0 saturated heterocycles. The Balaban J connectivity index is 4.38. The van der Waals surface area contributed by atoms with Crippen LogP contribution < -0.4 is 0 Å². The molecule has 0 N–H and O–H groups in total. The van der Waals surface area contributed by atoms with E-state index in [1.54, 1.807) is 0 Å². The first kappa shape index (κ1) is 20.6.